The predicted molar refractivity (Wildman–Crippen MR) is 55.8 cm³/mol. The van der Waals surface area contributed by atoms with Gasteiger partial charge < -0.3 is 0 Å². The molecule has 6 heteroatoms. The smallest absolute Gasteiger partial charge is 0.188 e. The SMILES string of the molecule is Cc1ccnc(C(=O)Cc2nnn(C)n2)c1. The second kappa shape index (κ2) is 4.18. The molecule has 0 aliphatic carbocycles. The molecule has 0 saturated carbocycles. The number of aromatic nitrogens is 5. The number of hydrogen-bond donors (Lipinski definition) is 0. The quantitative estimate of drug-likeness (QED) is 0.693. The number of pyridine rings is 1. The molecule has 0 radical (unpaired) electrons. The van der Waals surface area contributed by atoms with Gasteiger partial charge in [0.1, 0.15) is 5.69 Å². The third-order valence-corrected chi connectivity index (χ3v) is 2.07. The summed E-state index contributed by atoms with van der Waals surface area (Å²) in [5, 5.41) is 11.4. The fraction of sp³-hybridized carbons (Fsp3) is 0.300. The molecule has 0 unspecified atom stereocenters. The minimum Gasteiger partial charge on any atom is -0.292 e. The molecule has 0 spiro atoms. The van der Waals surface area contributed by atoms with Crippen LogP contribution < -0.4 is 0 Å². The molecule has 0 amide bonds. The zero-order valence-electron chi connectivity index (χ0n) is 9.08. The maximum Gasteiger partial charge on any atom is 0.188 e. The van der Waals surface area contributed by atoms with Gasteiger partial charge in [-0.1, -0.05) is 0 Å². The summed E-state index contributed by atoms with van der Waals surface area (Å²) in [6.45, 7) is 1.92. The number of carbonyl (C=O) groups is 1. The lowest BCUT2D eigenvalue weighted by Crippen LogP contribution is -2.07. The number of rotatable bonds is 3. The first-order chi connectivity index (χ1) is 7.65. The summed E-state index contributed by atoms with van der Waals surface area (Å²) in [5.74, 6) is 0.313. The Morgan fingerprint density at radius 1 is 1.50 bits per heavy atom. The van der Waals surface area contributed by atoms with Gasteiger partial charge in [-0.3, -0.25) is 9.78 Å². The van der Waals surface area contributed by atoms with Crippen molar-refractivity contribution in [1.82, 2.24) is 25.2 Å². The van der Waals surface area contributed by atoms with Crippen LogP contribution in [0.15, 0.2) is 18.3 Å². The van der Waals surface area contributed by atoms with Crippen molar-refractivity contribution in [3.63, 3.8) is 0 Å². The summed E-state index contributed by atoms with van der Waals surface area (Å²) in [6, 6.07) is 3.59. The lowest BCUT2D eigenvalue weighted by Gasteiger charge is -1.97. The number of tetrazole rings is 1. The van der Waals surface area contributed by atoms with E-state index in [1.54, 1.807) is 19.3 Å². The van der Waals surface area contributed by atoms with Crippen LogP contribution in [0.5, 0.6) is 0 Å². The lowest BCUT2D eigenvalue weighted by atomic mass is 10.1. The molecule has 0 aliphatic rings. The number of carbonyl (C=O) groups excluding carboxylic acids is 1. The van der Waals surface area contributed by atoms with Crippen molar-refractivity contribution in [1.29, 1.82) is 0 Å². The van der Waals surface area contributed by atoms with Crippen molar-refractivity contribution in [3.8, 4) is 0 Å². The van der Waals surface area contributed by atoms with Crippen LogP contribution in [0.3, 0.4) is 0 Å². The van der Waals surface area contributed by atoms with Crippen LogP contribution in [0, 0.1) is 6.92 Å². The highest BCUT2D eigenvalue weighted by atomic mass is 16.1. The predicted octanol–water partition coefficient (Wildman–Crippen LogP) is 0.339. The Kier molecular flexibility index (Phi) is 2.72. The Morgan fingerprint density at radius 2 is 2.31 bits per heavy atom. The zero-order chi connectivity index (χ0) is 11.5. The molecule has 0 saturated heterocycles. The van der Waals surface area contributed by atoms with E-state index in [4.69, 9.17) is 0 Å². The fourth-order valence-corrected chi connectivity index (χ4v) is 1.32. The molecular weight excluding hydrogens is 206 g/mol. The number of hydrogen-bond acceptors (Lipinski definition) is 5. The molecule has 0 fully saturated rings. The van der Waals surface area contributed by atoms with Gasteiger partial charge in [0, 0.05) is 6.20 Å². The molecule has 0 aliphatic heterocycles. The third-order valence-electron chi connectivity index (χ3n) is 2.07. The average molecular weight is 217 g/mol. The van der Waals surface area contributed by atoms with E-state index >= 15 is 0 Å². The minimum absolute atomic E-state index is 0.100. The molecule has 6 nitrogen and oxygen atoms in total. The van der Waals surface area contributed by atoms with Crippen molar-refractivity contribution >= 4 is 5.78 Å². The van der Waals surface area contributed by atoms with Crippen molar-refractivity contribution in [3.05, 3.63) is 35.4 Å². The number of Topliss-reactive ketones (excluding diaryl/α,β-unsaturated/α-hetero) is 1. The van der Waals surface area contributed by atoms with E-state index in [0.29, 0.717) is 11.5 Å². The summed E-state index contributed by atoms with van der Waals surface area (Å²) in [5.41, 5.74) is 1.44. The number of ketones is 1. The maximum atomic E-state index is 11.8. The second-order valence-electron chi connectivity index (χ2n) is 3.51. The van der Waals surface area contributed by atoms with Gasteiger partial charge in [-0.2, -0.15) is 4.80 Å². The highest BCUT2D eigenvalue weighted by Crippen LogP contribution is 2.03. The van der Waals surface area contributed by atoms with Gasteiger partial charge in [-0.25, -0.2) is 0 Å². The van der Waals surface area contributed by atoms with Gasteiger partial charge in [0.25, 0.3) is 0 Å². The van der Waals surface area contributed by atoms with E-state index in [2.05, 4.69) is 20.4 Å². The Bertz CT molecular complexity index is 519. The Hall–Kier alpha value is -2.11. The van der Waals surface area contributed by atoms with E-state index in [-0.39, 0.29) is 12.2 Å². The Balaban J connectivity index is 2.14. The van der Waals surface area contributed by atoms with Crippen LogP contribution in [0.2, 0.25) is 0 Å². The monoisotopic (exact) mass is 217 g/mol. The lowest BCUT2D eigenvalue weighted by molar-refractivity contribution is 0.0986. The van der Waals surface area contributed by atoms with Gasteiger partial charge in [-0.15, -0.1) is 10.2 Å². The standard InChI is InChI=1S/C10H11N5O/c1-7-3-4-11-8(5-7)9(16)6-10-12-14-15(2)13-10/h3-5H,6H2,1-2H3. The number of nitrogens with zero attached hydrogens (tertiary/aromatic N) is 5. The summed E-state index contributed by atoms with van der Waals surface area (Å²) < 4.78 is 0. The molecular formula is C10H11N5O. The van der Waals surface area contributed by atoms with Gasteiger partial charge in [0.05, 0.1) is 13.5 Å². The number of aryl methyl sites for hydroxylation is 2. The Morgan fingerprint density at radius 3 is 2.94 bits per heavy atom. The van der Waals surface area contributed by atoms with Gasteiger partial charge in [0.15, 0.2) is 11.6 Å². The van der Waals surface area contributed by atoms with Crippen LogP contribution in [0.25, 0.3) is 0 Å². The van der Waals surface area contributed by atoms with Gasteiger partial charge in [-0.05, 0) is 29.8 Å². The molecule has 82 valence electrons. The van der Waals surface area contributed by atoms with Crippen LogP contribution in [-0.2, 0) is 13.5 Å². The van der Waals surface area contributed by atoms with Crippen LogP contribution in [-0.4, -0.2) is 31.0 Å². The summed E-state index contributed by atoms with van der Waals surface area (Å²) in [6.07, 6.45) is 1.75. The summed E-state index contributed by atoms with van der Waals surface area (Å²) in [4.78, 5) is 17.1. The van der Waals surface area contributed by atoms with E-state index in [1.165, 1.54) is 4.80 Å². The van der Waals surface area contributed by atoms with E-state index in [0.717, 1.165) is 5.56 Å². The Labute approximate surface area is 92.3 Å². The molecule has 2 aromatic rings. The normalized spacial score (nSPS) is 10.4. The van der Waals surface area contributed by atoms with E-state index < -0.39 is 0 Å². The molecule has 0 bridgehead atoms. The van der Waals surface area contributed by atoms with E-state index in [1.807, 2.05) is 13.0 Å². The molecule has 0 N–H and O–H groups in total. The van der Waals surface area contributed by atoms with Crippen molar-refractivity contribution < 1.29 is 4.79 Å². The highest BCUT2D eigenvalue weighted by molar-refractivity contribution is 5.95. The first kappa shape index (κ1) is 10.4. The summed E-state index contributed by atoms with van der Waals surface area (Å²) in [7, 11) is 1.66. The fourth-order valence-electron chi connectivity index (χ4n) is 1.32. The molecule has 2 rings (SSSR count). The third kappa shape index (κ3) is 2.28. The second-order valence-corrected chi connectivity index (χ2v) is 3.51. The largest absolute Gasteiger partial charge is 0.292 e. The summed E-state index contributed by atoms with van der Waals surface area (Å²) >= 11 is 0. The molecule has 0 atom stereocenters. The topological polar surface area (TPSA) is 73.6 Å². The van der Waals surface area contributed by atoms with Crippen LogP contribution in [0.4, 0.5) is 0 Å². The molecule has 0 aromatic carbocycles. The first-order valence-corrected chi connectivity index (χ1v) is 4.84. The van der Waals surface area contributed by atoms with Gasteiger partial charge in [0.2, 0.25) is 0 Å². The van der Waals surface area contributed by atoms with Crippen molar-refractivity contribution in [2.45, 2.75) is 13.3 Å². The van der Waals surface area contributed by atoms with E-state index in [9.17, 15) is 4.79 Å². The van der Waals surface area contributed by atoms with Crippen LogP contribution >= 0.6 is 0 Å². The molecule has 2 aromatic heterocycles. The first-order valence-electron chi connectivity index (χ1n) is 4.84. The van der Waals surface area contributed by atoms with Crippen LogP contribution in [0.1, 0.15) is 21.9 Å². The molecule has 2 heterocycles. The zero-order valence-corrected chi connectivity index (χ0v) is 9.08. The molecule has 16 heavy (non-hydrogen) atoms. The van der Waals surface area contributed by atoms with Crippen molar-refractivity contribution in [2.24, 2.45) is 7.05 Å². The maximum absolute atomic E-state index is 11.8. The minimum atomic E-state index is -0.100. The van der Waals surface area contributed by atoms with Gasteiger partial charge >= 0.3 is 0 Å². The average Bonchev–Trinajstić information content (AvgIpc) is 2.64. The highest BCUT2D eigenvalue weighted by Gasteiger charge is 2.11. The van der Waals surface area contributed by atoms with Crippen molar-refractivity contribution in [2.75, 3.05) is 0 Å².